The van der Waals surface area contributed by atoms with E-state index < -0.39 is 41.2 Å². The number of carboxylic acids is 1. The van der Waals surface area contributed by atoms with Gasteiger partial charge in [0.15, 0.2) is 0 Å². The number of carbonyl (C=O) groups excluding carboxylic acids is 2. The number of halogens is 1. The van der Waals surface area contributed by atoms with Crippen molar-refractivity contribution in [1.82, 2.24) is 10.6 Å². The number of rotatable bonds is 3. The molecule has 2 amide bonds. The van der Waals surface area contributed by atoms with Crippen LogP contribution in [0.5, 0.6) is 0 Å². The lowest BCUT2D eigenvalue weighted by atomic mass is 9.73. The number of amides is 2. The van der Waals surface area contributed by atoms with Crippen LogP contribution in [0, 0.1) is 17.8 Å². The summed E-state index contributed by atoms with van der Waals surface area (Å²) in [4.78, 5) is 36.5. The monoisotopic (exact) mass is 336 g/mol. The molecule has 6 nitrogen and oxygen atoms in total. The number of carboxylic acid groups (broad SMARTS) is 1. The highest BCUT2D eigenvalue weighted by molar-refractivity contribution is 6.30. The van der Waals surface area contributed by atoms with Gasteiger partial charge >= 0.3 is 5.97 Å². The van der Waals surface area contributed by atoms with E-state index in [0.29, 0.717) is 5.02 Å². The molecule has 2 heterocycles. The maximum absolute atomic E-state index is 12.3. The van der Waals surface area contributed by atoms with E-state index in [1.54, 1.807) is 38.1 Å². The topological polar surface area (TPSA) is 95.5 Å². The SMILES string of the molecule is CC(C)C1(C(=O)O)NC(c2ccc(Cl)cc2)C2C(=O)NC(=O)C21. The highest BCUT2D eigenvalue weighted by Crippen LogP contribution is 2.49. The normalized spacial score (nSPS) is 33.0. The molecule has 3 N–H and O–H groups in total. The van der Waals surface area contributed by atoms with Crippen LogP contribution in [0.2, 0.25) is 5.02 Å². The number of imide groups is 1. The Balaban J connectivity index is 2.13. The lowest BCUT2D eigenvalue weighted by Crippen LogP contribution is -2.59. The van der Waals surface area contributed by atoms with Gasteiger partial charge in [-0.3, -0.25) is 25.0 Å². The molecule has 4 atom stereocenters. The van der Waals surface area contributed by atoms with Crippen molar-refractivity contribution >= 4 is 29.4 Å². The molecular formula is C16H17ClN2O4. The molecule has 2 saturated heterocycles. The third-order valence-electron chi connectivity index (χ3n) is 4.93. The van der Waals surface area contributed by atoms with E-state index in [9.17, 15) is 19.5 Å². The molecule has 0 saturated carbocycles. The molecule has 0 aromatic heterocycles. The third-order valence-corrected chi connectivity index (χ3v) is 5.18. The van der Waals surface area contributed by atoms with Crippen LogP contribution in [0.4, 0.5) is 0 Å². The van der Waals surface area contributed by atoms with E-state index in [0.717, 1.165) is 5.56 Å². The van der Waals surface area contributed by atoms with Crippen LogP contribution in [0.15, 0.2) is 24.3 Å². The summed E-state index contributed by atoms with van der Waals surface area (Å²) in [5.74, 6) is -4.14. The van der Waals surface area contributed by atoms with Crippen molar-refractivity contribution in [3.8, 4) is 0 Å². The Morgan fingerprint density at radius 2 is 1.83 bits per heavy atom. The van der Waals surface area contributed by atoms with Crippen LogP contribution >= 0.6 is 11.6 Å². The van der Waals surface area contributed by atoms with Gasteiger partial charge in [-0.1, -0.05) is 37.6 Å². The molecule has 0 bridgehead atoms. The zero-order valence-electron chi connectivity index (χ0n) is 12.7. The van der Waals surface area contributed by atoms with Crippen molar-refractivity contribution in [2.24, 2.45) is 17.8 Å². The van der Waals surface area contributed by atoms with Gasteiger partial charge in [0.1, 0.15) is 5.54 Å². The fourth-order valence-electron chi connectivity index (χ4n) is 3.80. The predicted octanol–water partition coefficient (Wildman–Crippen LogP) is 1.35. The van der Waals surface area contributed by atoms with Crippen molar-refractivity contribution in [3.63, 3.8) is 0 Å². The standard InChI is InChI=1S/C16H17ClN2O4/c1-7(2)16(15(22)23)11-10(13(20)18-14(11)21)12(19-16)8-3-5-9(17)6-4-8/h3-7,10-12,19H,1-2H3,(H,22,23)(H,18,20,21). The fourth-order valence-corrected chi connectivity index (χ4v) is 3.92. The van der Waals surface area contributed by atoms with E-state index in [2.05, 4.69) is 10.6 Å². The number of hydrogen-bond acceptors (Lipinski definition) is 4. The van der Waals surface area contributed by atoms with Crippen LogP contribution in [-0.4, -0.2) is 28.4 Å². The van der Waals surface area contributed by atoms with E-state index >= 15 is 0 Å². The number of aliphatic carboxylic acids is 1. The smallest absolute Gasteiger partial charge is 0.325 e. The van der Waals surface area contributed by atoms with Crippen molar-refractivity contribution in [3.05, 3.63) is 34.9 Å². The van der Waals surface area contributed by atoms with Gasteiger partial charge < -0.3 is 5.11 Å². The van der Waals surface area contributed by atoms with E-state index in [1.807, 2.05) is 0 Å². The van der Waals surface area contributed by atoms with Crippen LogP contribution in [-0.2, 0) is 14.4 Å². The second-order valence-corrected chi connectivity index (χ2v) is 6.80. The van der Waals surface area contributed by atoms with Crippen LogP contribution < -0.4 is 10.6 Å². The fraction of sp³-hybridized carbons (Fsp3) is 0.438. The van der Waals surface area contributed by atoms with Gasteiger partial charge in [-0.25, -0.2) is 0 Å². The average molecular weight is 337 g/mol. The van der Waals surface area contributed by atoms with Crippen molar-refractivity contribution in [2.75, 3.05) is 0 Å². The summed E-state index contributed by atoms with van der Waals surface area (Å²) in [6.45, 7) is 3.47. The van der Waals surface area contributed by atoms with Crippen LogP contribution in [0.3, 0.4) is 0 Å². The van der Waals surface area contributed by atoms with Crippen LogP contribution in [0.1, 0.15) is 25.5 Å². The summed E-state index contributed by atoms with van der Waals surface area (Å²) in [5, 5.41) is 15.7. The molecule has 4 unspecified atom stereocenters. The Kier molecular flexibility index (Phi) is 3.69. The Hall–Kier alpha value is -1.92. The number of benzene rings is 1. The molecule has 23 heavy (non-hydrogen) atoms. The Morgan fingerprint density at radius 1 is 1.22 bits per heavy atom. The van der Waals surface area contributed by atoms with Gasteiger partial charge in [0.2, 0.25) is 11.8 Å². The first-order valence-corrected chi connectivity index (χ1v) is 7.78. The van der Waals surface area contributed by atoms with Gasteiger partial charge in [-0.15, -0.1) is 0 Å². The van der Waals surface area contributed by atoms with Crippen LogP contribution in [0.25, 0.3) is 0 Å². The van der Waals surface area contributed by atoms with E-state index in [-0.39, 0.29) is 5.92 Å². The summed E-state index contributed by atoms with van der Waals surface area (Å²) in [7, 11) is 0. The first-order chi connectivity index (χ1) is 10.8. The molecule has 0 aliphatic carbocycles. The zero-order valence-corrected chi connectivity index (χ0v) is 13.4. The number of carbonyl (C=O) groups is 3. The van der Waals surface area contributed by atoms with Gasteiger partial charge in [-0.05, 0) is 23.6 Å². The Labute approximate surface area is 138 Å². The predicted molar refractivity (Wildman–Crippen MR) is 82.7 cm³/mol. The van der Waals surface area contributed by atoms with Gasteiger partial charge in [0, 0.05) is 11.1 Å². The second kappa shape index (κ2) is 5.32. The highest BCUT2D eigenvalue weighted by Gasteiger charge is 2.67. The van der Waals surface area contributed by atoms with Crippen molar-refractivity contribution in [1.29, 1.82) is 0 Å². The summed E-state index contributed by atoms with van der Waals surface area (Å²) in [6.07, 6.45) is 0. The molecule has 1 aromatic rings. The second-order valence-electron chi connectivity index (χ2n) is 6.36. The number of hydrogen-bond donors (Lipinski definition) is 3. The summed E-state index contributed by atoms with van der Waals surface area (Å²) in [6, 6.07) is 6.29. The minimum absolute atomic E-state index is 0.374. The summed E-state index contributed by atoms with van der Waals surface area (Å²) in [5.41, 5.74) is -0.747. The van der Waals surface area contributed by atoms with E-state index in [1.165, 1.54) is 0 Å². The van der Waals surface area contributed by atoms with Gasteiger partial charge in [-0.2, -0.15) is 0 Å². The summed E-state index contributed by atoms with van der Waals surface area (Å²) < 4.78 is 0. The molecule has 122 valence electrons. The zero-order chi connectivity index (χ0) is 16.9. The minimum atomic E-state index is -1.48. The molecule has 7 heteroatoms. The molecule has 1 aromatic carbocycles. The molecule has 2 aliphatic heterocycles. The van der Waals surface area contributed by atoms with Crippen molar-refractivity contribution in [2.45, 2.75) is 25.4 Å². The molecule has 2 fully saturated rings. The minimum Gasteiger partial charge on any atom is -0.480 e. The Morgan fingerprint density at radius 3 is 2.35 bits per heavy atom. The van der Waals surface area contributed by atoms with Gasteiger partial charge in [0.05, 0.1) is 11.8 Å². The average Bonchev–Trinajstić information content (AvgIpc) is 2.98. The first kappa shape index (κ1) is 16.0. The molecule has 2 aliphatic rings. The molecule has 0 spiro atoms. The summed E-state index contributed by atoms with van der Waals surface area (Å²) >= 11 is 5.89. The van der Waals surface area contributed by atoms with Crippen molar-refractivity contribution < 1.29 is 19.5 Å². The van der Waals surface area contributed by atoms with Gasteiger partial charge in [0.25, 0.3) is 0 Å². The first-order valence-electron chi connectivity index (χ1n) is 7.40. The largest absolute Gasteiger partial charge is 0.480 e. The Bertz CT molecular complexity index is 688. The number of fused-ring (bicyclic) bond motifs is 1. The van der Waals surface area contributed by atoms with E-state index in [4.69, 9.17) is 11.6 Å². The maximum Gasteiger partial charge on any atom is 0.325 e. The third kappa shape index (κ3) is 2.16. The molecule has 0 radical (unpaired) electrons. The maximum atomic E-state index is 12.3. The molecule has 3 rings (SSSR count). The lowest BCUT2D eigenvalue weighted by Gasteiger charge is -2.33. The quantitative estimate of drug-likeness (QED) is 0.724. The lowest BCUT2D eigenvalue weighted by molar-refractivity contribution is -0.151. The number of nitrogens with one attached hydrogen (secondary N) is 2. The molecular weight excluding hydrogens is 320 g/mol. The highest BCUT2D eigenvalue weighted by atomic mass is 35.5.